The fraction of sp³-hybridized carbons (Fsp3) is 0.650. The number of aliphatic hydroxyl groups excluding tert-OH is 1. The van der Waals surface area contributed by atoms with Crippen molar-refractivity contribution in [1.29, 1.82) is 0 Å². The fourth-order valence-electron chi connectivity index (χ4n) is 3.51. The SMILES string of the molecule is CCNC(=NCC1(CO)CC1)NCC(c1ccccc1)N1CCCC1.I. The van der Waals surface area contributed by atoms with Crippen LogP contribution in [0.5, 0.6) is 0 Å². The molecule has 0 aromatic heterocycles. The molecule has 1 unspecified atom stereocenters. The van der Waals surface area contributed by atoms with E-state index in [1.807, 2.05) is 0 Å². The second-order valence-corrected chi connectivity index (χ2v) is 7.40. The Morgan fingerprint density at radius 1 is 1.19 bits per heavy atom. The number of hydrogen-bond donors (Lipinski definition) is 3. The Balaban J connectivity index is 0.00000243. The number of guanidine groups is 1. The topological polar surface area (TPSA) is 59.9 Å². The molecule has 2 fully saturated rings. The molecule has 2 aliphatic rings. The fourth-order valence-corrected chi connectivity index (χ4v) is 3.51. The van der Waals surface area contributed by atoms with E-state index in [0.717, 1.165) is 31.9 Å². The Morgan fingerprint density at radius 2 is 1.88 bits per heavy atom. The lowest BCUT2D eigenvalue weighted by molar-refractivity contribution is 0.216. The van der Waals surface area contributed by atoms with Crippen molar-refractivity contribution >= 4 is 29.9 Å². The predicted molar refractivity (Wildman–Crippen MR) is 118 cm³/mol. The van der Waals surface area contributed by atoms with Crippen molar-refractivity contribution in [1.82, 2.24) is 15.5 Å². The lowest BCUT2D eigenvalue weighted by atomic mass is 10.1. The van der Waals surface area contributed by atoms with Gasteiger partial charge in [0, 0.05) is 18.5 Å². The summed E-state index contributed by atoms with van der Waals surface area (Å²) in [5, 5.41) is 16.4. The smallest absolute Gasteiger partial charge is 0.191 e. The standard InChI is InChI=1S/C20H32N4O.HI/c1-2-21-19(23-15-20(16-25)10-11-20)22-14-18(24-12-6-7-13-24)17-8-4-3-5-9-17;/h3-5,8-9,18,25H,2,6-7,10-16H2,1H3,(H2,21,22,23);1H. The summed E-state index contributed by atoms with van der Waals surface area (Å²) in [7, 11) is 0. The quantitative estimate of drug-likeness (QED) is 0.310. The number of benzene rings is 1. The number of aliphatic hydroxyl groups is 1. The molecule has 1 aromatic rings. The normalized spacial score (nSPS) is 20.3. The molecule has 146 valence electrons. The maximum Gasteiger partial charge on any atom is 0.191 e. The van der Waals surface area contributed by atoms with Gasteiger partial charge in [0.15, 0.2) is 5.96 Å². The Kier molecular flexibility index (Phi) is 8.63. The van der Waals surface area contributed by atoms with Gasteiger partial charge in [-0.15, -0.1) is 24.0 Å². The molecule has 5 nitrogen and oxygen atoms in total. The number of hydrogen-bond acceptors (Lipinski definition) is 3. The van der Waals surface area contributed by atoms with Crippen molar-refractivity contribution in [2.24, 2.45) is 10.4 Å². The van der Waals surface area contributed by atoms with Gasteiger partial charge in [-0.25, -0.2) is 0 Å². The van der Waals surface area contributed by atoms with Crippen molar-refractivity contribution in [2.75, 3.05) is 39.3 Å². The minimum Gasteiger partial charge on any atom is -0.396 e. The van der Waals surface area contributed by atoms with Crippen LogP contribution in [0, 0.1) is 5.41 Å². The molecular formula is C20H33IN4O. The predicted octanol–water partition coefficient (Wildman–Crippen LogP) is 2.77. The molecule has 1 saturated heterocycles. The number of likely N-dealkylation sites (tertiary alicyclic amines) is 1. The minimum atomic E-state index is 0. The van der Waals surface area contributed by atoms with Gasteiger partial charge in [0.05, 0.1) is 19.2 Å². The molecule has 26 heavy (non-hydrogen) atoms. The number of rotatable bonds is 8. The molecule has 0 amide bonds. The number of halogens is 1. The second-order valence-electron chi connectivity index (χ2n) is 7.40. The van der Waals surface area contributed by atoms with Gasteiger partial charge in [-0.3, -0.25) is 9.89 Å². The van der Waals surface area contributed by atoms with Gasteiger partial charge in [-0.1, -0.05) is 30.3 Å². The summed E-state index contributed by atoms with van der Waals surface area (Å²) < 4.78 is 0. The zero-order valence-corrected chi connectivity index (χ0v) is 18.1. The van der Waals surface area contributed by atoms with Gasteiger partial charge >= 0.3 is 0 Å². The van der Waals surface area contributed by atoms with Gasteiger partial charge < -0.3 is 15.7 Å². The zero-order chi connectivity index (χ0) is 17.5. The van der Waals surface area contributed by atoms with Gasteiger partial charge in [-0.05, 0) is 51.3 Å². The molecule has 1 aliphatic heterocycles. The Labute approximate surface area is 174 Å². The first-order valence-electron chi connectivity index (χ1n) is 9.68. The van der Waals surface area contributed by atoms with Crippen molar-refractivity contribution < 1.29 is 5.11 Å². The van der Waals surface area contributed by atoms with Crippen molar-refractivity contribution in [2.45, 2.75) is 38.6 Å². The Bertz CT molecular complexity index is 556. The molecule has 6 heteroatoms. The van der Waals surface area contributed by atoms with E-state index in [-0.39, 0.29) is 36.0 Å². The van der Waals surface area contributed by atoms with Gasteiger partial charge in [-0.2, -0.15) is 0 Å². The highest BCUT2D eigenvalue weighted by atomic mass is 127. The van der Waals surface area contributed by atoms with Gasteiger partial charge in [0.1, 0.15) is 0 Å². The monoisotopic (exact) mass is 472 g/mol. The van der Waals surface area contributed by atoms with Crippen LogP contribution in [0.15, 0.2) is 35.3 Å². The van der Waals surface area contributed by atoms with Crippen LogP contribution in [-0.2, 0) is 0 Å². The highest BCUT2D eigenvalue weighted by molar-refractivity contribution is 14.0. The molecule has 1 saturated carbocycles. The van der Waals surface area contributed by atoms with Crippen molar-refractivity contribution in [3.05, 3.63) is 35.9 Å². The highest BCUT2D eigenvalue weighted by Crippen LogP contribution is 2.45. The summed E-state index contributed by atoms with van der Waals surface area (Å²) in [5.74, 6) is 0.863. The summed E-state index contributed by atoms with van der Waals surface area (Å²) in [6.07, 6.45) is 4.76. The number of aliphatic imine (C=N–C) groups is 1. The first kappa shape index (κ1) is 21.4. The highest BCUT2D eigenvalue weighted by Gasteiger charge is 2.41. The van der Waals surface area contributed by atoms with Crippen LogP contribution < -0.4 is 10.6 Å². The van der Waals surface area contributed by atoms with E-state index in [2.05, 4.69) is 52.8 Å². The van der Waals surface area contributed by atoms with E-state index < -0.39 is 0 Å². The van der Waals surface area contributed by atoms with Crippen LogP contribution in [0.4, 0.5) is 0 Å². The van der Waals surface area contributed by atoms with E-state index in [9.17, 15) is 5.11 Å². The molecule has 3 N–H and O–H groups in total. The maximum atomic E-state index is 9.49. The molecule has 0 bridgehead atoms. The summed E-state index contributed by atoms with van der Waals surface area (Å²) in [4.78, 5) is 7.30. The average molecular weight is 472 g/mol. The van der Waals surface area contributed by atoms with Crippen LogP contribution in [0.25, 0.3) is 0 Å². The summed E-state index contributed by atoms with van der Waals surface area (Å²) in [5.41, 5.74) is 1.41. The third-order valence-electron chi connectivity index (χ3n) is 5.44. The first-order valence-corrected chi connectivity index (χ1v) is 9.68. The molecule has 1 atom stereocenters. The number of nitrogens with one attached hydrogen (secondary N) is 2. The Hall–Kier alpha value is -0.860. The van der Waals surface area contributed by atoms with E-state index in [4.69, 9.17) is 4.99 Å². The molecule has 1 aromatic carbocycles. The van der Waals surface area contributed by atoms with Crippen LogP contribution in [-0.4, -0.2) is 55.3 Å². The van der Waals surface area contributed by atoms with Gasteiger partial charge in [0.2, 0.25) is 0 Å². The molecule has 0 spiro atoms. The van der Waals surface area contributed by atoms with Crippen LogP contribution >= 0.6 is 24.0 Å². The van der Waals surface area contributed by atoms with Crippen LogP contribution in [0.1, 0.15) is 44.2 Å². The molecule has 0 radical (unpaired) electrons. The average Bonchev–Trinajstić information content (AvgIpc) is 3.24. The van der Waals surface area contributed by atoms with E-state index in [1.54, 1.807) is 0 Å². The second kappa shape index (κ2) is 10.5. The Morgan fingerprint density at radius 3 is 2.46 bits per heavy atom. The molecule has 1 aliphatic carbocycles. The molecule has 1 heterocycles. The van der Waals surface area contributed by atoms with Crippen molar-refractivity contribution in [3.8, 4) is 0 Å². The van der Waals surface area contributed by atoms with E-state index in [1.165, 1.54) is 31.5 Å². The lowest BCUT2D eigenvalue weighted by Gasteiger charge is -2.29. The maximum absolute atomic E-state index is 9.49. The van der Waals surface area contributed by atoms with Crippen LogP contribution in [0.2, 0.25) is 0 Å². The summed E-state index contributed by atoms with van der Waals surface area (Å²) >= 11 is 0. The number of nitrogens with zero attached hydrogens (tertiary/aromatic N) is 2. The molecule has 3 rings (SSSR count). The molecular weight excluding hydrogens is 439 g/mol. The summed E-state index contributed by atoms with van der Waals surface area (Å²) in [6.45, 7) is 7.07. The third-order valence-corrected chi connectivity index (χ3v) is 5.44. The van der Waals surface area contributed by atoms with Gasteiger partial charge in [0.25, 0.3) is 0 Å². The van der Waals surface area contributed by atoms with E-state index in [0.29, 0.717) is 12.6 Å². The summed E-state index contributed by atoms with van der Waals surface area (Å²) in [6, 6.07) is 11.1. The third kappa shape index (κ3) is 5.82. The zero-order valence-electron chi connectivity index (χ0n) is 15.8. The van der Waals surface area contributed by atoms with Crippen molar-refractivity contribution in [3.63, 3.8) is 0 Å². The van der Waals surface area contributed by atoms with Crippen LogP contribution in [0.3, 0.4) is 0 Å². The van der Waals surface area contributed by atoms with E-state index >= 15 is 0 Å². The minimum absolute atomic E-state index is 0. The lowest BCUT2D eigenvalue weighted by Crippen LogP contribution is -2.43. The first-order chi connectivity index (χ1) is 12.3. The largest absolute Gasteiger partial charge is 0.396 e.